The quantitative estimate of drug-likeness (QED) is 0.187. The summed E-state index contributed by atoms with van der Waals surface area (Å²) in [5.41, 5.74) is -1.04. The summed E-state index contributed by atoms with van der Waals surface area (Å²) in [6, 6.07) is -3.22. The van der Waals surface area contributed by atoms with Gasteiger partial charge in [0.25, 0.3) is 5.91 Å². The SMILES string of the molecule is CCCC(NC(=O)[C@@H]1C[C@@]2(CN1C(=O)[C@@H](NC(=O)[C@@H](NC(=O)[C@@H]1CCCN(C(C)C)C1)C1CCCCC1)C(C)(C)C)C(C)(C)C21CCC1)C(=O)C(=O)NC1CC1. The standard InChI is InChI=1S/C44H72N6O6/c1-9-15-31(34(51)39(55)45-30-19-20-30)46-37(53)32-24-44(42(7,8)43(44)21-14-22-43)26-50(32)40(56)35(41(4,5)6)48-38(54)33(28-16-11-10-12-17-28)47-36(52)29-18-13-23-49(25-29)27(2)3/h27-33,35H,9-26H2,1-8H3,(H,45,55)(H,46,53)(H,47,52)(H,48,54)/t29-,31?,32+,33+,35-,44-/m1/s1. The van der Waals surface area contributed by atoms with Crippen molar-refractivity contribution in [3.8, 4) is 0 Å². The number of carbonyl (C=O) groups is 6. The summed E-state index contributed by atoms with van der Waals surface area (Å²) < 4.78 is 0. The predicted molar refractivity (Wildman–Crippen MR) is 215 cm³/mol. The van der Waals surface area contributed by atoms with Gasteiger partial charge in [-0.25, -0.2) is 0 Å². The molecule has 6 atom stereocenters. The molecular formula is C44H72N6O6. The molecule has 56 heavy (non-hydrogen) atoms. The molecule has 4 saturated carbocycles. The molecule has 5 amide bonds. The van der Waals surface area contributed by atoms with Gasteiger partial charge in [0.15, 0.2) is 0 Å². The molecule has 0 aromatic carbocycles. The van der Waals surface area contributed by atoms with Crippen molar-refractivity contribution < 1.29 is 28.8 Å². The monoisotopic (exact) mass is 781 g/mol. The van der Waals surface area contributed by atoms with Gasteiger partial charge in [-0.1, -0.05) is 73.6 Å². The topological polar surface area (TPSA) is 157 Å². The van der Waals surface area contributed by atoms with Crippen LogP contribution < -0.4 is 21.3 Å². The third-order valence-corrected chi connectivity index (χ3v) is 15.4. The molecule has 12 heteroatoms. The van der Waals surface area contributed by atoms with Crippen molar-refractivity contribution in [3.63, 3.8) is 0 Å². The Kier molecular flexibility index (Phi) is 12.4. The Morgan fingerprint density at radius 2 is 1.48 bits per heavy atom. The van der Waals surface area contributed by atoms with Crippen LogP contribution in [0.2, 0.25) is 0 Å². The molecule has 6 fully saturated rings. The lowest BCUT2D eigenvalue weighted by Gasteiger charge is -2.39. The first-order chi connectivity index (χ1) is 26.4. The lowest BCUT2D eigenvalue weighted by Crippen LogP contribution is -2.62. The van der Waals surface area contributed by atoms with Gasteiger partial charge < -0.3 is 31.1 Å². The van der Waals surface area contributed by atoms with E-state index in [1.54, 1.807) is 4.90 Å². The second-order valence-electron chi connectivity index (χ2n) is 20.4. The number of nitrogens with zero attached hydrogens (tertiary/aromatic N) is 2. The van der Waals surface area contributed by atoms with E-state index in [0.717, 1.165) is 83.6 Å². The number of carbonyl (C=O) groups excluding carboxylic acids is 6. The molecule has 4 N–H and O–H groups in total. The second-order valence-corrected chi connectivity index (χ2v) is 20.4. The summed E-state index contributed by atoms with van der Waals surface area (Å²) in [6.45, 7) is 18.5. The molecule has 0 aromatic heterocycles. The Morgan fingerprint density at radius 3 is 2.04 bits per heavy atom. The second kappa shape index (κ2) is 16.3. The van der Waals surface area contributed by atoms with E-state index in [9.17, 15) is 24.0 Å². The molecule has 2 heterocycles. The molecule has 2 spiro atoms. The highest BCUT2D eigenvalue weighted by Gasteiger charge is 2.85. The third kappa shape index (κ3) is 8.02. The number of ketones is 1. The first-order valence-electron chi connectivity index (χ1n) is 22.2. The Labute approximate surface area is 335 Å². The van der Waals surface area contributed by atoms with Gasteiger partial charge in [0.1, 0.15) is 18.1 Å². The molecule has 6 aliphatic rings. The van der Waals surface area contributed by atoms with E-state index < -0.39 is 47.2 Å². The fourth-order valence-electron chi connectivity index (χ4n) is 11.4. The molecule has 0 bridgehead atoms. The maximum Gasteiger partial charge on any atom is 0.289 e. The molecule has 4 aliphatic carbocycles. The van der Waals surface area contributed by atoms with Crippen LogP contribution in [0.5, 0.6) is 0 Å². The highest BCUT2D eigenvalue weighted by atomic mass is 16.2. The summed E-state index contributed by atoms with van der Waals surface area (Å²) in [5.74, 6) is -2.74. The average Bonchev–Trinajstić information content (AvgIpc) is 3.96. The molecule has 2 saturated heterocycles. The van der Waals surface area contributed by atoms with Gasteiger partial charge in [-0.3, -0.25) is 28.8 Å². The summed E-state index contributed by atoms with van der Waals surface area (Å²) in [4.78, 5) is 88.3. The number of hydrogen-bond acceptors (Lipinski definition) is 7. The van der Waals surface area contributed by atoms with Crippen molar-refractivity contribution in [3.05, 3.63) is 0 Å². The minimum Gasteiger partial charge on any atom is -0.347 e. The van der Waals surface area contributed by atoms with Crippen LogP contribution in [0.15, 0.2) is 0 Å². The van der Waals surface area contributed by atoms with E-state index in [4.69, 9.17) is 0 Å². The zero-order valence-electron chi connectivity index (χ0n) is 35.7. The van der Waals surface area contributed by atoms with E-state index in [2.05, 4.69) is 53.9 Å². The van der Waals surface area contributed by atoms with E-state index >= 15 is 4.79 Å². The summed E-state index contributed by atoms with van der Waals surface area (Å²) in [7, 11) is 0. The fourth-order valence-corrected chi connectivity index (χ4v) is 11.4. The third-order valence-electron chi connectivity index (χ3n) is 15.4. The van der Waals surface area contributed by atoms with Crippen LogP contribution in [0.3, 0.4) is 0 Å². The lowest BCUT2D eigenvalue weighted by molar-refractivity contribution is -0.145. The maximum atomic E-state index is 15.1. The van der Waals surface area contributed by atoms with E-state index in [-0.39, 0.29) is 51.8 Å². The minimum atomic E-state index is -0.987. The van der Waals surface area contributed by atoms with Gasteiger partial charge in [0.05, 0.1) is 12.0 Å². The number of hydrogen-bond donors (Lipinski definition) is 4. The largest absolute Gasteiger partial charge is 0.347 e. The van der Waals surface area contributed by atoms with Gasteiger partial charge in [-0.05, 0) is 107 Å². The van der Waals surface area contributed by atoms with E-state index in [1.165, 1.54) is 0 Å². The number of Topliss-reactive ketones (excluding diaryl/α,β-unsaturated/α-hetero) is 1. The van der Waals surface area contributed by atoms with Gasteiger partial charge >= 0.3 is 0 Å². The molecule has 6 rings (SSSR count). The van der Waals surface area contributed by atoms with Crippen LogP contribution in [-0.2, 0) is 28.8 Å². The molecule has 2 aliphatic heterocycles. The van der Waals surface area contributed by atoms with Gasteiger partial charge in [-0.15, -0.1) is 0 Å². The lowest BCUT2D eigenvalue weighted by atomic mass is 9.73. The zero-order chi connectivity index (χ0) is 40.8. The smallest absolute Gasteiger partial charge is 0.289 e. The molecule has 0 radical (unpaired) electrons. The first kappa shape index (κ1) is 42.6. The summed E-state index contributed by atoms with van der Waals surface area (Å²) in [5, 5.41) is 12.1. The van der Waals surface area contributed by atoms with E-state index in [1.807, 2.05) is 27.7 Å². The van der Waals surface area contributed by atoms with Crippen LogP contribution in [0, 0.1) is 33.5 Å². The molecule has 0 aromatic rings. The number of rotatable bonds is 14. The zero-order valence-corrected chi connectivity index (χ0v) is 35.7. The van der Waals surface area contributed by atoms with Crippen molar-refractivity contribution in [2.45, 2.75) is 188 Å². The Hall–Kier alpha value is -3.02. The Bertz CT molecular complexity index is 1520. The Balaban J connectivity index is 1.24. The van der Waals surface area contributed by atoms with Crippen LogP contribution in [-0.4, -0.2) is 101 Å². The molecule has 1 unspecified atom stereocenters. The minimum absolute atomic E-state index is 0.0149. The van der Waals surface area contributed by atoms with Gasteiger partial charge in [0, 0.05) is 30.6 Å². The molecule has 314 valence electrons. The number of amides is 5. The van der Waals surface area contributed by atoms with Gasteiger partial charge in [-0.2, -0.15) is 0 Å². The molecule has 12 nitrogen and oxygen atoms in total. The normalized spacial score (nSPS) is 28.9. The number of piperidine rings is 1. The number of likely N-dealkylation sites (tertiary alicyclic amines) is 2. The van der Waals surface area contributed by atoms with Crippen molar-refractivity contribution in [1.29, 1.82) is 0 Å². The van der Waals surface area contributed by atoms with Crippen LogP contribution in [0.25, 0.3) is 0 Å². The first-order valence-corrected chi connectivity index (χ1v) is 22.2. The van der Waals surface area contributed by atoms with Crippen LogP contribution in [0.1, 0.15) is 152 Å². The highest BCUT2D eigenvalue weighted by molar-refractivity contribution is 6.38. The van der Waals surface area contributed by atoms with E-state index in [0.29, 0.717) is 38.4 Å². The summed E-state index contributed by atoms with van der Waals surface area (Å²) >= 11 is 0. The average molecular weight is 781 g/mol. The molecular weight excluding hydrogens is 709 g/mol. The fraction of sp³-hybridized carbons (Fsp3) is 0.864. The predicted octanol–water partition coefficient (Wildman–Crippen LogP) is 4.63. The highest BCUT2D eigenvalue weighted by Crippen LogP contribution is 2.88. The van der Waals surface area contributed by atoms with Crippen molar-refractivity contribution >= 4 is 35.3 Å². The van der Waals surface area contributed by atoms with Gasteiger partial charge in [0.2, 0.25) is 29.4 Å². The Morgan fingerprint density at radius 1 is 0.804 bits per heavy atom. The van der Waals surface area contributed by atoms with Crippen molar-refractivity contribution in [2.75, 3.05) is 19.6 Å². The van der Waals surface area contributed by atoms with Crippen molar-refractivity contribution in [1.82, 2.24) is 31.1 Å². The number of nitrogens with one attached hydrogen (secondary N) is 4. The maximum absolute atomic E-state index is 15.1. The summed E-state index contributed by atoms with van der Waals surface area (Å²) in [6.07, 6.45) is 12.7. The van der Waals surface area contributed by atoms with Crippen molar-refractivity contribution in [2.24, 2.45) is 33.5 Å². The van der Waals surface area contributed by atoms with Crippen LogP contribution in [0.4, 0.5) is 0 Å². The number of fused-ring (bicyclic) bond motifs is 1. The van der Waals surface area contributed by atoms with Crippen LogP contribution >= 0.6 is 0 Å².